The molecule has 0 saturated carbocycles. The number of nitrogens with two attached hydrogens (primary N) is 1. The van der Waals surface area contributed by atoms with E-state index in [0.29, 0.717) is 30.0 Å². The van der Waals surface area contributed by atoms with Gasteiger partial charge in [-0.3, -0.25) is 4.99 Å². The lowest BCUT2D eigenvalue weighted by atomic mass is 10.1. The quantitative estimate of drug-likeness (QED) is 0.174. The van der Waals surface area contributed by atoms with Crippen molar-refractivity contribution in [3.63, 3.8) is 0 Å². The van der Waals surface area contributed by atoms with Crippen molar-refractivity contribution in [2.24, 2.45) is 4.99 Å². The van der Waals surface area contributed by atoms with E-state index in [0.717, 1.165) is 36.9 Å². The molecule has 0 aliphatic heterocycles. The number of aliphatic imine (C=N–C) groups is 1. The van der Waals surface area contributed by atoms with Crippen molar-refractivity contribution in [1.29, 1.82) is 5.26 Å². The summed E-state index contributed by atoms with van der Waals surface area (Å²) in [4.78, 5) is 6.85. The number of hydrogen-bond acceptors (Lipinski definition) is 5. The number of nitriles is 1. The fourth-order valence-electron chi connectivity index (χ4n) is 3.52. The van der Waals surface area contributed by atoms with Crippen LogP contribution in [0.2, 0.25) is 0 Å². The van der Waals surface area contributed by atoms with Gasteiger partial charge in [0.05, 0.1) is 18.5 Å². The second kappa shape index (κ2) is 13.4. The zero-order valence-electron chi connectivity index (χ0n) is 19.9. The highest BCUT2D eigenvalue weighted by Crippen LogP contribution is 2.21. The van der Waals surface area contributed by atoms with Crippen molar-refractivity contribution in [2.75, 3.05) is 33.0 Å². The highest BCUT2D eigenvalue weighted by molar-refractivity contribution is 14.0. The summed E-state index contributed by atoms with van der Waals surface area (Å²) in [5.74, 6) is 2.05. The van der Waals surface area contributed by atoms with Crippen LogP contribution in [0.1, 0.15) is 30.2 Å². The third-order valence-corrected chi connectivity index (χ3v) is 5.21. The molecule has 0 spiro atoms. The van der Waals surface area contributed by atoms with E-state index < -0.39 is 0 Å². The number of para-hydroxylation sites is 1. The van der Waals surface area contributed by atoms with E-state index in [1.54, 1.807) is 11.8 Å². The second-order valence-electron chi connectivity index (χ2n) is 7.61. The van der Waals surface area contributed by atoms with Crippen molar-refractivity contribution in [2.45, 2.75) is 26.3 Å². The Morgan fingerprint density at radius 1 is 1.21 bits per heavy atom. The molecule has 0 atom stereocenters. The van der Waals surface area contributed by atoms with Crippen LogP contribution in [0.3, 0.4) is 0 Å². The van der Waals surface area contributed by atoms with Gasteiger partial charge in [-0.15, -0.1) is 24.0 Å². The highest BCUT2D eigenvalue weighted by Gasteiger charge is 2.16. The summed E-state index contributed by atoms with van der Waals surface area (Å²) in [5.41, 5.74) is 9.34. The summed E-state index contributed by atoms with van der Waals surface area (Å²) >= 11 is 0. The van der Waals surface area contributed by atoms with Gasteiger partial charge < -0.3 is 20.7 Å². The van der Waals surface area contributed by atoms with Crippen LogP contribution in [0.15, 0.2) is 59.6 Å². The standard InChI is InChI=1S/C25H31N7O.HI/c1-4-28-25(31(2)18-19-12-14-21(33-3)15-13-19)29-16-8-11-23-22(17-26)24(27)32(30-23)20-9-6-5-7-10-20;/h5-7,9-10,12-15H,4,8,11,16,18,27H2,1-3H3,(H,28,29);1H. The molecule has 3 aromatic rings. The lowest BCUT2D eigenvalue weighted by Gasteiger charge is -2.22. The molecule has 2 aromatic carbocycles. The van der Waals surface area contributed by atoms with Crippen LogP contribution >= 0.6 is 24.0 Å². The monoisotopic (exact) mass is 573 g/mol. The maximum Gasteiger partial charge on any atom is 0.193 e. The number of halogens is 1. The molecule has 0 radical (unpaired) electrons. The number of anilines is 1. The van der Waals surface area contributed by atoms with Crippen LogP contribution in [-0.4, -0.2) is 47.9 Å². The molecular weight excluding hydrogens is 541 g/mol. The molecular formula is C25H32IN7O. The largest absolute Gasteiger partial charge is 0.497 e. The summed E-state index contributed by atoms with van der Waals surface area (Å²) in [5, 5.41) is 17.5. The lowest BCUT2D eigenvalue weighted by molar-refractivity contribution is 0.414. The number of aromatic nitrogens is 2. The van der Waals surface area contributed by atoms with Crippen LogP contribution < -0.4 is 15.8 Å². The van der Waals surface area contributed by atoms with Gasteiger partial charge >= 0.3 is 0 Å². The number of benzene rings is 2. The minimum absolute atomic E-state index is 0. The van der Waals surface area contributed by atoms with Crippen molar-refractivity contribution >= 4 is 35.8 Å². The molecule has 34 heavy (non-hydrogen) atoms. The van der Waals surface area contributed by atoms with Gasteiger partial charge in [-0.05, 0) is 49.6 Å². The first-order valence-corrected chi connectivity index (χ1v) is 11.0. The number of aryl methyl sites for hydroxylation is 1. The van der Waals surface area contributed by atoms with Gasteiger partial charge in [0.25, 0.3) is 0 Å². The fourth-order valence-corrected chi connectivity index (χ4v) is 3.52. The Morgan fingerprint density at radius 2 is 1.91 bits per heavy atom. The van der Waals surface area contributed by atoms with E-state index in [1.807, 2.05) is 49.5 Å². The summed E-state index contributed by atoms with van der Waals surface area (Å²) in [7, 11) is 3.68. The number of nitrogens with zero attached hydrogens (tertiary/aromatic N) is 5. The molecule has 9 heteroatoms. The third-order valence-electron chi connectivity index (χ3n) is 5.21. The van der Waals surface area contributed by atoms with Crippen LogP contribution in [-0.2, 0) is 13.0 Å². The lowest BCUT2D eigenvalue weighted by Crippen LogP contribution is -2.38. The molecule has 180 valence electrons. The van der Waals surface area contributed by atoms with Gasteiger partial charge in [0.15, 0.2) is 5.96 Å². The SMILES string of the molecule is CCNC(=NCCCc1nn(-c2ccccc2)c(N)c1C#N)N(C)Cc1ccc(OC)cc1.I. The van der Waals surface area contributed by atoms with Gasteiger partial charge in [0, 0.05) is 26.7 Å². The third kappa shape index (κ3) is 6.87. The molecule has 0 unspecified atom stereocenters. The zero-order chi connectivity index (χ0) is 23.6. The van der Waals surface area contributed by atoms with Gasteiger partial charge in [0.2, 0.25) is 0 Å². The Morgan fingerprint density at radius 3 is 2.53 bits per heavy atom. The highest BCUT2D eigenvalue weighted by atomic mass is 127. The van der Waals surface area contributed by atoms with Crippen molar-refractivity contribution in [3.8, 4) is 17.5 Å². The molecule has 0 saturated heterocycles. The predicted octanol–water partition coefficient (Wildman–Crippen LogP) is 3.98. The van der Waals surface area contributed by atoms with Gasteiger partial charge in [-0.1, -0.05) is 30.3 Å². The molecule has 3 N–H and O–H groups in total. The van der Waals surface area contributed by atoms with Gasteiger partial charge in [0.1, 0.15) is 23.2 Å². The van der Waals surface area contributed by atoms with E-state index in [1.165, 1.54) is 5.56 Å². The summed E-state index contributed by atoms with van der Waals surface area (Å²) in [6.45, 7) is 4.17. The van der Waals surface area contributed by atoms with E-state index in [9.17, 15) is 5.26 Å². The van der Waals surface area contributed by atoms with E-state index in [4.69, 9.17) is 15.5 Å². The number of guanidine groups is 1. The van der Waals surface area contributed by atoms with Crippen LogP contribution in [0.25, 0.3) is 5.69 Å². The first-order valence-electron chi connectivity index (χ1n) is 11.0. The van der Waals surface area contributed by atoms with Crippen LogP contribution in [0.4, 0.5) is 5.82 Å². The summed E-state index contributed by atoms with van der Waals surface area (Å²) in [6.07, 6.45) is 1.38. The number of nitrogen functional groups attached to an aromatic ring is 1. The maximum atomic E-state index is 9.58. The molecule has 0 bridgehead atoms. The smallest absolute Gasteiger partial charge is 0.193 e. The minimum Gasteiger partial charge on any atom is -0.497 e. The normalized spacial score (nSPS) is 10.8. The number of nitrogens with one attached hydrogen (secondary N) is 1. The van der Waals surface area contributed by atoms with Crippen molar-refractivity contribution < 1.29 is 4.74 Å². The molecule has 0 fully saturated rings. The van der Waals surface area contributed by atoms with Crippen LogP contribution in [0.5, 0.6) is 5.75 Å². The predicted molar refractivity (Wildman–Crippen MR) is 147 cm³/mol. The average molecular weight is 573 g/mol. The number of ether oxygens (including phenoxy) is 1. The topological polar surface area (TPSA) is 104 Å². The first-order chi connectivity index (χ1) is 16.1. The van der Waals surface area contributed by atoms with Gasteiger partial charge in [-0.2, -0.15) is 10.4 Å². The van der Waals surface area contributed by atoms with E-state index >= 15 is 0 Å². The van der Waals surface area contributed by atoms with Crippen molar-refractivity contribution in [1.82, 2.24) is 20.0 Å². The molecule has 8 nitrogen and oxygen atoms in total. The molecule has 1 heterocycles. The summed E-state index contributed by atoms with van der Waals surface area (Å²) in [6, 6.07) is 19.8. The Bertz CT molecular complexity index is 1100. The zero-order valence-corrected chi connectivity index (χ0v) is 22.2. The molecule has 0 aliphatic rings. The Labute approximate surface area is 218 Å². The fraction of sp³-hybridized carbons (Fsp3) is 0.320. The molecule has 0 amide bonds. The number of rotatable bonds is 9. The van der Waals surface area contributed by atoms with E-state index in [2.05, 4.69) is 40.4 Å². The number of hydrogen-bond donors (Lipinski definition) is 2. The average Bonchev–Trinajstić information content (AvgIpc) is 3.17. The summed E-state index contributed by atoms with van der Waals surface area (Å²) < 4.78 is 6.86. The minimum atomic E-state index is 0. The molecule has 0 aliphatic carbocycles. The first kappa shape index (κ1) is 27.0. The van der Waals surface area contributed by atoms with Crippen LogP contribution in [0, 0.1) is 11.3 Å². The Kier molecular flexibility index (Phi) is 10.7. The van der Waals surface area contributed by atoms with E-state index in [-0.39, 0.29) is 24.0 Å². The Balaban J connectivity index is 0.00000408. The molecule has 3 rings (SSSR count). The second-order valence-corrected chi connectivity index (χ2v) is 7.61. The Hall–Kier alpha value is -3.26. The molecule has 1 aromatic heterocycles. The van der Waals surface area contributed by atoms with Gasteiger partial charge in [-0.25, -0.2) is 4.68 Å². The maximum absolute atomic E-state index is 9.58. The van der Waals surface area contributed by atoms with Crippen molar-refractivity contribution in [3.05, 3.63) is 71.4 Å². The number of methoxy groups -OCH3 is 1.